The fraction of sp³-hybridized carbons (Fsp3) is 0.294. The Kier molecular flexibility index (Phi) is 6.68. The van der Waals surface area contributed by atoms with Crippen LogP contribution in [0.2, 0.25) is 10.0 Å². The van der Waals surface area contributed by atoms with E-state index in [-0.39, 0.29) is 0 Å². The van der Waals surface area contributed by atoms with Gasteiger partial charge in [-0.25, -0.2) is 0 Å². The smallest absolute Gasteiger partial charge is 0.193 e. The van der Waals surface area contributed by atoms with Crippen molar-refractivity contribution >= 4 is 29.2 Å². The van der Waals surface area contributed by atoms with Crippen molar-refractivity contribution < 1.29 is 0 Å². The monoisotopic (exact) mass is 350 g/mol. The standard InChI is InChI=1S/C17H20Cl2N4/c1-20-17(22-10-8-14-5-3-4-9-21-14)23(2)12-13-6-7-15(18)16(19)11-13/h3-7,9,11H,8,10,12H2,1-2H3,(H,20,22). The number of aliphatic imine (C=N–C) groups is 1. The lowest BCUT2D eigenvalue weighted by molar-refractivity contribution is 0.477. The van der Waals surface area contributed by atoms with Crippen molar-refractivity contribution in [3.05, 3.63) is 63.9 Å². The Morgan fingerprint density at radius 3 is 2.70 bits per heavy atom. The fourth-order valence-corrected chi connectivity index (χ4v) is 2.54. The number of pyridine rings is 1. The summed E-state index contributed by atoms with van der Waals surface area (Å²) < 4.78 is 0. The van der Waals surface area contributed by atoms with E-state index in [1.165, 1.54) is 0 Å². The van der Waals surface area contributed by atoms with Gasteiger partial charge in [0.05, 0.1) is 10.0 Å². The van der Waals surface area contributed by atoms with E-state index in [0.717, 1.165) is 30.2 Å². The van der Waals surface area contributed by atoms with Crippen LogP contribution in [0.25, 0.3) is 0 Å². The van der Waals surface area contributed by atoms with Crippen LogP contribution < -0.4 is 5.32 Å². The average Bonchev–Trinajstić information content (AvgIpc) is 2.56. The summed E-state index contributed by atoms with van der Waals surface area (Å²) in [4.78, 5) is 10.7. The van der Waals surface area contributed by atoms with Gasteiger partial charge in [0.15, 0.2) is 5.96 Å². The zero-order valence-corrected chi connectivity index (χ0v) is 14.8. The highest BCUT2D eigenvalue weighted by molar-refractivity contribution is 6.42. The second-order valence-electron chi connectivity index (χ2n) is 5.15. The van der Waals surface area contributed by atoms with Crippen LogP contribution in [0.5, 0.6) is 0 Å². The topological polar surface area (TPSA) is 40.5 Å². The van der Waals surface area contributed by atoms with Crippen molar-refractivity contribution in [1.82, 2.24) is 15.2 Å². The predicted molar refractivity (Wildman–Crippen MR) is 97.2 cm³/mol. The van der Waals surface area contributed by atoms with E-state index in [0.29, 0.717) is 16.6 Å². The molecule has 0 aliphatic carbocycles. The summed E-state index contributed by atoms with van der Waals surface area (Å²) in [5.74, 6) is 0.826. The van der Waals surface area contributed by atoms with E-state index in [1.54, 1.807) is 13.2 Å². The first-order valence-corrected chi connectivity index (χ1v) is 8.11. The van der Waals surface area contributed by atoms with Crippen molar-refractivity contribution in [2.24, 2.45) is 4.99 Å². The van der Waals surface area contributed by atoms with Gasteiger partial charge in [0.2, 0.25) is 0 Å². The maximum absolute atomic E-state index is 6.06. The Balaban J connectivity index is 1.88. The molecule has 0 aliphatic heterocycles. The van der Waals surface area contributed by atoms with Gasteiger partial charge in [-0.2, -0.15) is 0 Å². The maximum Gasteiger partial charge on any atom is 0.193 e. The fourth-order valence-electron chi connectivity index (χ4n) is 2.22. The number of hydrogen-bond acceptors (Lipinski definition) is 2. The Bertz CT molecular complexity index is 659. The van der Waals surface area contributed by atoms with Crippen LogP contribution in [-0.2, 0) is 13.0 Å². The SMILES string of the molecule is CN=C(NCCc1ccccn1)N(C)Cc1ccc(Cl)c(Cl)c1. The molecular weight excluding hydrogens is 331 g/mol. The summed E-state index contributed by atoms with van der Waals surface area (Å²) in [6.45, 7) is 1.47. The van der Waals surface area contributed by atoms with Crippen LogP contribution in [0.15, 0.2) is 47.6 Å². The third-order valence-electron chi connectivity index (χ3n) is 3.37. The van der Waals surface area contributed by atoms with Crippen LogP contribution >= 0.6 is 23.2 Å². The largest absolute Gasteiger partial charge is 0.356 e. The third-order valence-corrected chi connectivity index (χ3v) is 4.11. The van der Waals surface area contributed by atoms with Gasteiger partial charge in [0.1, 0.15) is 0 Å². The Morgan fingerprint density at radius 2 is 2.04 bits per heavy atom. The molecule has 2 rings (SSSR count). The molecule has 0 aliphatic rings. The average molecular weight is 351 g/mol. The van der Waals surface area contributed by atoms with E-state index >= 15 is 0 Å². The van der Waals surface area contributed by atoms with E-state index < -0.39 is 0 Å². The lowest BCUT2D eigenvalue weighted by Crippen LogP contribution is -2.39. The Hall–Kier alpha value is -1.78. The van der Waals surface area contributed by atoms with Crippen molar-refractivity contribution in [3.63, 3.8) is 0 Å². The van der Waals surface area contributed by atoms with Crippen LogP contribution in [0, 0.1) is 0 Å². The van der Waals surface area contributed by atoms with Crippen LogP contribution in [0.1, 0.15) is 11.3 Å². The van der Waals surface area contributed by atoms with Gasteiger partial charge in [0, 0.05) is 45.5 Å². The molecule has 0 radical (unpaired) electrons. The molecule has 0 amide bonds. The minimum absolute atomic E-state index is 0.565. The maximum atomic E-state index is 6.06. The highest BCUT2D eigenvalue weighted by atomic mass is 35.5. The first kappa shape index (κ1) is 17.6. The molecule has 0 spiro atoms. The van der Waals surface area contributed by atoms with E-state index in [9.17, 15) is 0 Å². The van der Waals surface area contributed by atoms with Crippen molar-refractivity contribution in [1.29, 1.82) is 0 Å². The molecule has 1 aromatic heterocycles. The molecular formula is C17H20Cl2N4. The second kappa shape index (κ2) is 8.75. The summed E-state index contributed by atoms with van der Waals surface area (Å²) in [5, 5.41) is 4.47. The first-order valence-electron chi connectivity index (χ1n) is 7.36. The molecule has 0 fully saturated rings. The van der Waals surface area contributed by atoms with Crippen LogP contribution in [0.3, 0.4) is 0 Å². The molecule has 4 nitrogen and oxygen atoms in total. The van der Waals surface area contributed by atoms with Crippen molar-refractivity contribution in [2.45, 2.75) is 13.0 Å². The lowest BCUT2D eigenvalue weighted by Gasteiger charge is -2.22. The summed E-state index contributed by atoms with van der Waals surface area (Å²) >= 11 is 12.0. The highest BCUT2D eigenvalue weighted by Gasteiger charge is 2.08. The minimum atomic E-state index is 0.565. The summed E-state index contributed by atoms with van der Waals surface area (Å²) in [6.07, 6.45) is 2.65. The van der Waals surface area contributed by atoms with E-state index in [1.807, 2.05) is 48.3 Å². The molecule has 1 N–H and O–H groups in total. The van der Waals surface area contributed by atoms with Gasteiger partial charge in [-0.15, -0.1) is 0 Å². The quantitative estimate of drug-likeness (QED) is 0.661. The predicted octanol–water partition coefficient (Wildman–Crippen LogP) is 3.64. The van der Waals surface area contributed by atoms with E-state index in [2.05, 4.69) is 15.3 Å². The van der Waals surface area contributed by atoms with Crippen molar-refractivity contribution in [2.75, 3.05) is 20.6 Å². The number of nitrogens with zero attached hydrogens (tertiary/aromatic N) is 3. The van der Waals surface area contributed by atoms with Gasteiger partial charge in [-0.1, -0.05) is 35.3 Å². The van der Waals surface area contributed by atoms with Gasteiger partial charge >= 0.3 is 0 Å². The molecule has 0 atom stereocenters. The molecule has 6 heteroatoms. The van der Waals surface area contributed by atoms with Crippen molar-refractivity contribution in [3.8, 4) is 0 Å². The van der Waals surface area contributed by atoms with Gasteiger partial charge in [0.25, 0.3) is 0 Å². The number of guanidine groups is 1. The highest BCUT2D eigenvalue weighted by Crippen LogP contribution is 2.23. The molecule has 0 saturated carbocycles. The number of halogens is 2. The third kappa shape index (κ3) is 5.41. The van der Waals surface area contributed by atoms with Gasteiger partial charge in [-0.3, -0.25) is 9.98 Å². The zero-order valence-electron chi connectivity index (χ0n) is 13.3. The first-order chi connectivity index (χ1) is 11.1. The molecule has 1 aromatic carbocycles. The number of nitrogens with one attached hydrogen (secondary N) is 1. The number of rotatable bonds is 5. The minimum Gasteiger partial charge on any atom is -0.356 e. The van der Waals surface area contributed by atoms with Gasteiger partial charge < -0.3 is 10.2 Å². The molecule has 2 aromatic rings. The second-order valence-corrected chi connectivity index (χ2v) is 5.96. The van der Waals surface area contributed by atoms with E-state index in [4.69, 9.17) is 23.2 Å². The molecule has 23 heavy (non-hydrogen) atoms. The summed E-state index contributed by atoms with van der Waals surface area (Å²) in [6, 6.07) is 11.6. The zero-order chi connectivity index (χ0) is 16.7. The lowest BCUT2D eigenvalue weighted by atomic mass is 10.2. The number of hydrogen-bond donors (Lipinski definition) is 1. The van der Waals surface area contributed by atoms with Crippen LogP contribution in [-0.4, -0.2) is 36.5 Å². The molecule has 122 valence electrons. The number of benzene rings is 1. The number of aromatic nitrogens is 1. The molecule has 0 bridgehead atoms. The molecule has 0 unspecified atom stereocenters. The van der Waals surface area contributed by atoms with Gasteiger partial charge in [-0.05, 0) is 29.8 Å². The molecule has 1 heterocycles. The summed E-state index contributed by atoms with van der Waals surface area (Å²) in [5.41, 5.74) is 2.14. The molecule has 0 saturated heterocycles. The normalized spacial score (nSPS) is 11.4. The van der Waals surface area contributed by atoms with Crippen LogP contribution in [0.4, 0.5) is 0 Å². The Morgan fingerprint density at radius 1 is 1.22 bits per heavy atom. The summed E-state index contributed by atoms with van der Waals surface area (Å²) in [7, 11) is 3.76. The Labute approximate surface area is 147 Å².